The summed E-state index contributed by atoms with van der Waals surface area (Å²) >= 11 is 2.15. The highest BCUT2D eigenvalue weighted by molar-refractivity contribution is 14.1. The normalized spacial score (nSPS) is 10.5. The molecule has 23 heavy (non-hydrogen) atoms. The van der Waals surface area contributed by atoms with Crippen molar-refractivity contribution in [1.82, 2.24) is 5.01 Å². The van der Waals surface area contributed by atoms with Crippen LogP contribution in [0.5, 0.6) is 0 Å². The fourth-order valence-corrected chi connectivity index (χ4v) is 3.11. The molecule has 2 amide bonds. The van der Waals surface area contributed by atoms with Crippen molar-refractivity contribution in [2.24, 2.45) is 5.84 Å². The van der Waals surface area contributed by atoms with E-state index in [1.807, 2.05) is 45.9 Å². The Kier molecular flexibility index (Phi) is 5.21. The van der Waals surface area contributed by atoms with E-state index in [4.69, 9.17) is 5.84 Å². The number of nitrogens with zero attached hydrogens (tertiary/aromatic N) is 1. The van der Waals surface area contributed by atoms with Crippen molar-refractivity contribution in [3.8, 4) is 0 Å². The Balaban J connectivity index is 2.36. The molecule has 0 fully saturated rings. The molecule has 0 spiro atoms. The minimum Gasteiger partial charge on any atom is -0.267 e. The van der Waals surface area contributed by atoms with Gasteiger partial charge in [-0.2, -0.15) is 0 Å². The van der Waals surface area contributed by atoms with Crippen molar-refractivity contribution < 1.29 is 9.59 Å². The minimum absolute atomic E-state index is 0.401. The quantitative estimate of drug-likeness (QED) is 0.264. The lowest BCUT2D eigenvalue weighted by atomic mass is 9.99. The molecule has 4 nitrogen and oxygen atoms in total. The molecule has 0 aromatic heterocycles. The van der Waals surface area contributed by atoms with Gasteiger partial charge in [-0.05, 0) is 79.1 Å². The summed E-state index contributed by atoms with van der Waals surface area (Å²) in [5.41, 5.74) is 4.65. The second kappa shape index (κ2) is 6.80. The lowest BCUT2D eigenvalue weighted by Crippen LogP contribution is -2.43. The number of benzene rings is 2. The van der Waals surface area contributed by atoms with Crippen LogP contribution in [-0.2, 0) is 0 Å². The first kappa shape index (κ1) is 17.6. The molecule has 0 heterocycles. The molecule has 2 N–H and O–H groups in total. The summed E-state index contributed by atoms with van der Waals surface area (Å²) in [7, 11) is 0. The van der Waals surface area contributed by atoms with Gasteiger partial charge in [-0.1, -0.05) is 23.8 Å². The number of halogens is 1. The van der Waals surface area contributed by atoms with E-state index in [1.165, 1.54) is 0 Å². The zero-order valence-electron chi connectivity index (χ0n) is 13.6. The first-order chi connectivity index (χ1) is 10.7. The molecule has 0 unspecified atom stereocenters. The number of imide groups is 1. The van der Waals surface area contributed by atoms with Gasteiger partial charge >= 0.3 is 0 Å². The SMILES string of the molecule is Cc1cc(C)c(C(=O)N(N)C(=O)c2ccc(C)c(I)c2)c(C)c1. The first-order valence-corrected chi connectivity index (χ1v) is 8.27. The number of nitrogens with two attached hydrogens (primary N) is 1. The molecule has 2 aromatic carbocycles. The zero-order valence-corrected chi connectivity index (χ0v) is 15.8. The first-order valence-electron chi connectivity index (χ1n) is 7.20. The van der Waals surface area contributed by atoms with Gasteiger partial charge in [0.25, 0.3) is 11.8 Å². The summed E-state index contributed by atoms with van der Waals surface area (Å²) in [6.07, 6.45) is 0. The van der Waals surface area contributed by atoms with Crippen LogP contribution in [0.3, 0.4) is 0 Å². The monoisotopic (exact) mass is 422 g/mol. The zero-order chi connectivity index (χ0) is 17.3. The fourth-order valence-electron chi connectivity index (χ4n) is 2.60. The van der Waals surface area contributed by atoms with E-state index < -0.39 is 11.8 Å². The molecule has 0 atom stereocenters. The Labute approximate surface area is 149 Å². The predicted octanol–water partition coefficient (Wildman–Crippen LogP) is 3.68. The van der Waals surface area contributed by atoms with Crippen molar-refractivity contribution in [1.29, 1.82) is 0 Å². The van der Waals surface area contributed by atoms with Gasteiger partial charge in [0.2, 0.25) is 0 Å². The number of hydrogen-bond donors (Lipinski definition) is 1. The highest BCUT2D eigenvalue weighted by atomic mass is 127. The third kappa shape index (κ3) is 3.61. The number of aryl methyl sites for hydroxylation is 4. The van der Waals surface area contributed by atoms with Crippen LogP contribution < -0.4 is 5.84 Å². The van der Waals surface area contributed by atoms with Gasteiger partial charge in [0.15, 0.2) is 0 Å². The van der Waals surface area contributed by atoms with Crippen LogP contribution in [0.1, 0.15) is 43.0 Å². The van der Waals surface area contributed by atoms with Crippen LogP contribution in [0.2, 0.25) is 0 Å². The molecule has 2 rings (SSSR count). The van der Waals surface area contributed by atoms with Crippen molar-refractivity contribution in [2.75, 3.05) is 0 Å². The lowest BCUT2D eigenvalue weighted by Gasteiger charge is -2.18. The smallest absolute Gasteiger partial charge is 0.267 e. The number of carbonyl (C=O) groups excluding carboxylic acids is 2. The highest BCUT2D eigenvalue weighted by Gasteiger charge is 2.24. The molecule has 5 heteroatoms. The standard InChI is InChI=1S/C18H19IN2O2/c1-10-7-12(3)16(13(4)8-10)18(23)21(20)17(22)14-6-5-11(2)15(19)9-14/h5-9H,20H2,1-4H3. The van der Waals surface area contributed by atoms with Crippen LogP contribution in [0, 0.1) is 31.3 Å². The molecule has 0 aliphatic heterocycles. The molecule has 0 saturated carbocycles. The van der Waals surface area contributed by atoms with Gasteiger partial charge in [-0.25, -0.2) is 10.9 Å². The second-order valence-corrected chi connectivity index (χ2v) is 6.88. The topological polar surface area (TPSA) is 63.4 Å². The Morgan fingerprint density at radius 2 is 1.48 bits per heavy atom. The van der Waals surface area contributed by atoms with Crippen LogP contribution in [0.15, 0.2) is 30.3 Å². The Hall–Kier alpha value is -1.73. The van der Waals surface area contributed by atoms with Gasteiger partial charge in [0.05, 0.1) is 0 Å². The maximum Gasteiger partial charge on any atom is 0.275 e. The van der Waals surface area contributed by atoms with E-state index in [2.05, 4.69) is 22.6 Å². The van der Waals surface area contributed by atoms with Crippen LogP contribution in [0.25, 0.3) is 0 Å². The fraction of sp³-hybridized carbons (Fsp3) is 0.222. The van der Waals surface area contributed by atoms with Gasteiger partial charge in [-0.15, -0.1) is 0 Å². The van der Waals surface area contributed by atoms with E-state index in [0.29, 0.717) is 16.1 Å². The van der Waals surface area contributed by atoms with E-state index in [-0.39, 0.29) is 0 Å². The summed E-state index contributed by atoms with van der Waals surface area (Å²) in [5.74, 6) is 4.83. The molecular formula is C18H19IN2O2. The number of hydrazine groups is 1. The third-order valence-corrected chi connectivity index (χ3v) is 4.91. The predicted molar refractivity (Wildman–Crippen MR) is 99.2 cm³/mol. The summed E-state index contributed by atoms with van der Waals surface area (Å²) in [4.78, 5) is 25.1. The summed E-state index contributed by atoms with van der Waals surface area (Å²) in [6.45, 7) is 7.62. The van der Waals surface area contributed by atoms with E-state index in [9.17, 15) is 9.59 Å². The highest BCUT2D eigenvalue weighted by Crippen LogP contribution is 2.19. The van der Waals surface area contributed by atoms with Crippen LogP contribution in [0.4, 0.5) is 0 Å². The average Bonchev–Trinajstić information content (AvgIpc) is 2.47. The van der Waals surface area contributed by atoms with Gasteiger partial charge in [-0.3, -0.25) is 9.59 Å². The number of hydrogen-bond acceptors (Lipinski definition) is 3. The van der Waals surface area contributed by atoms with Gasteiger partial charge < -0.3 is 0 Å². The van der Waals surface area contributed by atoms with Gasteiger partial charge in [0, 0.05) is 14.7 Å². The lowest BCUT2D eigenvalue weighted by molar-refractivity contribution is 0.0614. The van der Waals surface area contributed by atoms with Crippen molar-refractivity contribution >= 4 is 34.4 Å². The molecule has 120 valence electrons. The van der Waals surface area contributed by atoms with Gasteiger partial charge in [0.1, 0.15) is 0 Å². The summed E-state index contributed by atoms with van der Waals surface area (Å²) in [5, 5.41) is 0.700. The molecule has 0 aliphatic carbocycles. The summed E-state index contributed by atoms with van der Waals surface area (Å²) < 4.78 is 0.956. The summed E-state index contributed by atoms with van der Waals surface area (Å²) in [6, 6.07) is 9.08. The molecule has 0 aliphatic rings. The Morgan fingerprint density at radius 3 is 2.00 bits per heavy atom. The molecule has 0 radical (unpaired) electrons. The van der Waals surface area contributed by atoms with Crippen LogP contribution in [-0.4, -0.2) is 16.8 Å². The van der Waals surface area contributed by atoms with Crippen molar-refractivity contribution in [3.05, 3.63) is 67.3 Å². The van der Waals surface area contributed by atoms with Crippen molar-refractivity contribution in [3.63, 3.8) is 0 Å². The third-order valence-electron chi connectivity index (χ3n) is 3.75. The maximum absolute atomic E-state index is 12.6. The molecule has 2 aromatic rings. The molecule has 0 bridgehead atoms. The van der Waals surface area contributed by atoms with Crippen LogP contribution >= 0.6 is 22.6 Å². The molecule has 0 saturated heterocycles. The second-order valence-electron chi connectivity index (χ2n) is 5.72. The molecular weight excluding hydrogens is 403 g/mol. The minimum atomic E-state index is -0.507. The average molecular weight is 422 g/mol. The van der Waals surface area contributed by atoms with E-state index in [0.717, 1.165) is 25.8 Å². The number of rotatable bonds is 2. The number of carbonyl (C=O) groups is 2. The Morgan fingerprint density at radius 1 is 0.913 bits per heavy atom. The Bertz CT molecular complexity index is 777. The largest absolute Gasteiger partial charge is 0.275 e. The van der Waals surface area contributed by atoms with Crippen molar-refractivity contribution in [2.45, 2.75) is 27.7 Å². The number of amides is 2. The van der Waals surface area contributed by atoms with E-state index >= 15 is 0 Å². The van der Waals surface area contributed by atoms with E-state index in [1.54, 1.807) is 12.1 Å². The maximum atomic E-state index is 12.6.